The van der Waals surface area contributed by atoms with Crippen LogP contribution >= 0.6 is 33.9 Å². The second-order valence-electron chi connectivity index (χ2n) is 18.8. The van der Waals surface area contributed by atoms with Crippen molar-refractivity contribution in [1.29, 1.82) is 0 Å². The lowest BCUT2D eigenvalue weighted by Crippen LogP contribution is -2.69. The number of thiophene rings is 1. The van der Waals surface area contributed by atoms with Crippen LogP contribution in [-0.2, 0) is 17.9 Å². The zero-order chi connectivity index (χ0) is 37.4. The topological polar surface area (TPSA) is 116 Å². The van der Waals surface area contributed by atoms with E-state index in [1.165, 1.54) is 25.7 Å². The molecule has 10 atom stereocenters. The Labute approximate surface area is 328 Å². The highest BCUT2D eigenvalue weighted by Crippen LogP contribution is 2.77. The number of carboxylic acid groups (broad SMARTS) is 1. The molecule has 0 bridgehead atoms. The molecule has 7 rings (SSSR count). The Balaban J connectivity index is 1.08. The third-order valence-corrected chi connectivity index (χ3v) is 19.6. The van der Waals surface area contributed by atoms with Crippen LogP contribution in [0.25, 0.3) is 0 Å². The van der Waals surface area contributed by atoms with E-state index in [2.05, 4.69) is 74.8 Å². The average Bonchev–Trinajstić information content (AvgIpc) is 3.75. The van der Waals surface area contributed by atoms with Crippen LogP contribution in [0.15, 0.2) is 36.4 Å². The van der Waals surface area contributed by atoms with Gasteiger partial charge in [-0.25, -0.2) is 4.79 Å². The fourth-order valence-corrected chi connectivity index (χ4v) is 15.7. The third kappa shape index (κ3) is 5.91. The van der Waals surface area contributed by atoms with E-state index < -0.39 is 5.97 Å². The third-order valence-electron chi connectivity index (χ3n) is 16.0. The lowest BCUT2D eigenvalue weighted by Gasteiger charge is -2.72. The summed E-state index contributed by atoms with van der Waals surface area (Å²) < 4.78 is 0.147. The number of halogens is 1. The fraction of sp³-hybridized carbons (Fsp3) is 0.698. The molecule has 52 heavy (non-hydrogen) atoms. The second kappa shape index (κ2) is 13.6. The predicted octanol–water partition coefficient (Wildman–Crippen LogP) is 9.26. The number of benzene rings is 1. The molecule has 0 spiro atoms. The van der Waals surface area contributed by atoms with Crippen LogP contribution in [0, 0.1) is 57.2 Å². The molecule has 2 aromatic rings. The monoisotopic (exact) mass is 842 g/mol. The van der Waals surface area contributed by atoms with Gasteiger partial charge in [-0.1, -0.05) is 76.3 Å². The first kappa shape index (κ1) is 38.3. The van der Waals surface area contributed by atoms with Gasteiger partial charge in [0, 0.05) is 20.4 Å². The van der Waals surface area contributed by atoms with Crippen molar-refractivity contribution in [1.82, 2.24) is 10.6 Å². The molecule has 7 nitrogen and oxygen atoms in total. The molecule has 1 heterocycles. The number of aliphatic hydroxyl groups excluding tert-OH is 1. The van der Waals surface area contributed by atoms with E-state index in [1.807, 2.05) is 18.2 Å². The van der Waals surface area contributed by atoms with Crippen molar-refractivity contribution in [2.24, 2.45) is 57.2 Å². The Hall–Kier alpha value is -1.98. The molecule has 9 heteroatoms. The number of carbonyl (C=O) groups excluding carboxylic acids is 2. The average molecular weight is 843 g/mol. The first-order chi connectivity index (χ1) is 24.5. The number of aromatic carboxylic acids is 1. The van der Waals surface area contributed by atoms with E-state index in [0.717, 1.165) is 60.3 Å². The van der Waals surface area contributed by atoms with Crippen molar-refractivity contribution in [3.05, 3.63) is 57.3 Å². The van der Waals surface area contributed by atoms with E-state index in [9.17, 15) is 24.6 Å². The van der Waals surface area contributed by atoms with Crippen LogP contribution in [0.2, 0.25) is 0 Å². The number of alkyl halides is 1. The highest BCUT2D eigenvalue weighted by molar-refractivity contribution is 14.1. The molecule has 0 aliphatic heterocycles. The normalized spacial score (nSPS) is 39.1. The predicted molar refractivity (Wildman–Crippen MR) is 214 cm³/mol. The lowest BCUT2D eigenvalue weighted by molar-refractivity contribution is -0.205. The number of amides is 2. The summed E-state index contributed by atoms with van der Waals surface area (Å²) in [6.07, 6.45) is 10.7. The van der Waals surface area contributed by atoms with Crippen LogP contribution < -0.4 is 10.6 Å². The number of rotatable bonds is 8. The minimum Gasteiger partial charge on any atom is -0.477 e. The van der Waals surface area contributed by atoms with Crippen molar-refractivity contribution < 1.29 is 24.6 Å². The molecule has 10 unspecified atom stereocenters. The summed E-state index contributed by atoms with van der Waals surface area (Å²) in [5.41, 5.74) is 1.44. The van der Waals surface area contributed by atoms with Crippen LogP contribution in [0.4, 0.5) is 0 Å². The molecular weight excluding hydrogens is 783 g/mol. The van der Waals surface area contributed by atoms with Crippen LogP contribution in [0.5, 0.6) is 0 Å². The molecule has 1 aromatic heterocycles. The molecule has 5 saturated carbocycles. The molecule has 2 amide bonds. The van der Waals surface area contributed by atoms with Crippen molar-refractivity contribution in [2.45, 2.75) is 128 Å². The number of aliphatic hydroxyl groups is 1. The summed E-state index contributed by atoms with van der Waals surface area (Å²) in [4.78, 5) is 40.0. The maximum atomic E-state index is 14.7. The maximum Gasteiger partial charge on any atom is 0.345 e. The van der Waals surface area contributed by atoms with Gasteiger partial charge in [-0.2, -0.15) is 0 Å². The zero-order valence-corrected chi connectivity index (χ0v) is 34.9. The Morgan fingerprint density at radius 2 is 1.65 bits per heavy atom. The van der Waals surface area contributed by atoms with Crippen molar-refractivity contribution in [3.8, 4) is 0 Å². The minimum atomic E-state index is -0.966. The molecule has 5 fully saturated rings. The minimum absolute atomic E-state index is 0.0566. The van der Waals surface area contributed by atoms with Gasteiger partial charge in [-0.3, -0.25) is 9.59 Å². The van der Waals surface area contributed by atoms with Gasteiger partial charge in [-0.15, -0.1) is 11.3 Å². The number of hydrogen-bond donors (Lipinski definition) is 4. The largest absolute Gasteiger partial charge is 0.477 e. The molecule has 1 aromatic carbocycles. The molecule has 0 radical (unpaired) electrons. The zero-order valence-electron chi connectivity index (χ0n) is 31.9. The Bertz CT molecular complexity index is 1720. The van der Waals surface area contributed by atoms with Gasteiger partial charge < -0.3 is 20.8 Å². The van der Waals surface area contributed by atoms with Crippen molar-refractivity contribution in [3.63, 3.8) is 0 Å². The van der Waals surface area contributed by atoms with Crippen LogP contribution in [0.3, 0.4) is 0 Å². The first-order valence-corrected chi connectivity index (χ1v) is 21.7. The van der Waals surface area contributed by atoms with E-state index >= 15 is 0 Å². The van der Waals surface area contributed by atoms with Gasteiger partial charge in [0.15, 0.2) is 0 Å². The summed E-state index contributed by atoms with van der Waals surface area (Å²) in [7, 11) is 0. The summed E-state index contributed by atoms with van der Waals surface area (Å²) in [6.45, 7) is 15.3. The molecule has 5 aliphatic rings. The van der Waals surface area contributed by atoms with E-state index in [-0.39, 0.29) is 54.4 Å². The molecule has 284 valence electrons. The molecule has 4 N–H and O–H groups in total. The van der Waals surface area contributed by atoms with E-state index in [0.29, 0.717) is 47.6 Å². The lowest BCUT2D eigenvalue weighted by atomic mass is 9.36. The van der Waals surface area contributed by atoms with Crippen molar-refractivity contribution >= 4 is 51.7 Å². The molecule has 5 aliphatic carbocycles. The highest BCUT2D eigenvalue weighted by Gasteiger charge is 2.72. The first-order valence-electron chi connectivity index (χ1n) is 19.8. The smallest absolute Gasteiger partial charge is 0.345 e. The highest BCUT2D eigenvalue weighted by atomic mass is 127. The Kier molecular flexibility index (Phi) is 10.0. The summed E-state index contributed by atoms with van der Waals surface area (Å²) in [5.74, 6) is 2.11. The summed E-state index contributed by atoms with van der Waals surface area (Å²) in [5, 5.41) is 26.6. The number of hydrogen-bond acceptors (Lipinski definition) is 5. The van der Waals surface area contributed by atoms with Crippen molar-refractivity contribution in [2.75, 3.05) is 0 Å². The quantitative estimate of drug-likeness (QED) is 0.156. The number of carbonyl (C=O) groups is 3. The summed E-state index contributed by atoms with van der Waals surface area (Å²) in [6, 6.07) is 10.8. The Morgan fingerprint density at radius 1 is 0.885 bits per heavy atom. The fourth-order valence-electron chi connectivity index (χ4n) is 13.3. The second-order valence-corrected chi connectivity index (χ2v) is 21.8. The Morgan fingerprint density at radius 3 is 2.37 bits per heavy atom. The number of nitrogens with one attached hydrogen (secondary N) is 2. The molecular formula is C43H59IN2O5S. The van der Waals surface area contributed by atoms with Crippen LogP contribution in [0.1, 0.15) is 136 Å². The van der Waals surface area contributed by atoms with Gasteiger partial charge >= 0.3 is 5.97 Å². The maximum absolute atomic E-state index is 14.7. The number of fused-ring (bicyclic) bond motifs is 7. The van der Waals surface area contributed by atoms with Gasteiger partial charge in [0.25, 0.3) is 5.91 Å². The van der Waals surface area contributed by atoms with Crippen LogP contribution in [-0.4, -0.2) is 37.5 Å². The van der Waals surface area contributed by atoms with E-state index in [4.69, 9.17) is 0 Å². The summed E-state index contributed by atoms with van der Waals surface area (Å²) >= 11 is 4.11. The van der Waals surface area contributed by atoms with Gasteiger partial charge in [0.1, 0.15) is 4.88 Å². The van der Waals surface area contributed by atoms with Gasteiger partial charge in [0.05, 0.1) is 18.1 Å². The van der Waals surface area contributed by atoms with Gasteiger partial charge in [0.2, 0.25) is 5.91 Å². The SMILES string of the molecule is CC(C)C1CCC2(C(=O)NCc3cccc(C(=O)NCc4ccc(C(=O)O)s4)c3)CCC3(I)C(CCC4C5(C)CCC(O)C(C)(C)C5CCC43C)C12. The van der Waals surface area contributed by atoms with E-state index in [1.54, 1.807) is 18.2 Å². The standard InChI is InChI=1S/C43H59IN2O5S/c1-25(2)29-14-19-42(38(51)46-23-26-8-7-9-27(22-26)36(48)45-24-28-10-12-31(52-28)37(49)50)20-21-43(44)30(35(29)42)11-13-33-40(5)17-16-34(47)39(3,4)32(40)15-18-41(33,43)6/h7-10,12,22,25,29-30,32-35,47H,11,13-21,23-24H2,1-6H3,(H,45,48)(H,46,51)(H,49,50). The number of carboxylic acids is 1. The molecule has 0 saturated heterocycles. The van der Waals surface area contributed by atoms with Gasteiger partial charge in [-0.05, 0) is 146 Å².